The molecule has 0 N–H and O–H groups in total. The second kappa shape index (κ2) is 5.33. The van der Waals surface area contributed by atoms with Gasteiger partial charge in [0.2, 0.25) is 0 Å². The molecule has 3 aromatic heterocycles. The maximum absolute atomic E-state index is 12.2. The van der Waals surface area contributed by atoms with Crippen LogP contribution in [0.5, 0.6) is 0 Å². The highest BCUT2D eigenvalue weighted by Crippen LogP contribution is 2.32. The summed E-state index contributed by atoms with van der Waals surface area (Å²) in [6, 6.07) is 7.69. The summed E-state index contributed by atoms with van der Waals surface area (Å²) < 4.78 is 11.6. The number of aromatic nitrogens is 1. The van der Waals surface area contributed by atoms with E-state index >= 15 is 0 Å². The Hall–Kier alpha value is -2.56. The fourth-order valence-electron chi connectivity index (χ4n) is 3.03. The third-order valence-electron chi connectivity index (χ3n) is 3.95. The van der Waals surface area contributed by atoms with Gasteiger partial charge < -0.3 is 13.9 Å². The van der Waals surface area contributed by atoms with E-state index in [-0.39, 0.29) is 11.1 Å². The summed E-state index contributed by atoms with van der Waals surface area (Å²) in [5.41, 5.74) is 4.07. The topological polar surface area (TPSA) is 57.0 Å². The van der Waals surface area contributed by atoms with Gasteiger partial charge in [-0.3, -0.25) is 0 Å². The van der Waals surface area contributed by atoms with Crippen LogP contribution < -0.4 is 0 Å². The Morgan fingerprint density at radius 1 is 0.909 bits per heavy atom. The Labute approximate surface area is 127 Å². The molecule has 0 atom stereocenters. The van der Waals surface area contributed by atoms with Crippen molar-refractivity contribution in [1.82, 2.24) is 4.40 Å². The lowest BCUT2D eigenvalue weighted by molar-refractivity contribution is 0.0559. The third kappa shape index (κ3) is 1.85. The van der Waals surface area contributed by atoms with E-state index in [0.717, 1.165) is 18.4 Å². The van der Waals surface area contributed by atoms with Gasteiger partial charge in [-0.15, -0.1) is 0 Å². The maximum atomic E-state index is 12.2. The molecule has 3 aromatic rings. The van der Waals surface area contributed by atoms with Crippen molar-refractivity contribution in [3.63, 3.8) is 0 Å². The molecule has 0 radical (unpaired) electrons. The van der Waals surface area contributed by atoms with Crippen LogP contribution in [0.15, 0.2) is 24.3 Å². The van der Waals surface area contributed by atoms with Crippen LogP contribution in [0.2, 0.25) is 0 Å². The van der Waals surface area contributed by atoms with Gasteiger partial charge in [-0.2, -0.15) is 0 Å². The molecule has 5 heteroatoms. The van der Waals surface area contributed by atoms with Crippen molar-refractivity contribution in [3.8, 4) is 0 Å². The first-order valence-corrected chi connectivity index (χ1v) is 7.19. The molecule has 0 spiro atoms. The highest BCUT2D eigenvalue weighted by molar-refractivity contribution is 6.14. The van der Waals surface area contributed by atoms with E-state index in [1.165, 1.54) is 19.8 Å². The summed E-state index contributed by atoms with van der Waals surface area (Å²) in [5, 5.41) is 0. The minimum absolute atomic E-state index is 0.262. The second-order valence-corrected chi connectivity index (χ2v) is 5.17. The van der Waals surface area contributed by atoms with E-state index < -0.39 is 11.9 Å². The Balaban J connectivity index is 2.41. The van der Waals surface area contributed by atoms with E-state index in [1.807, 2.05) is 28.7 Å². The number of esters is 2. The first-order chi connectivity index (χ1) is 10.6. The Morgan fingerprint density at radius 2 is 1.41 bits per heavy atom. The minimum Gasteiger partial charge on any atom is -0.465 e. The van der Waals surface area contributed by atoms with Gasteiger partial charge in [0.25, 0.3) is 0 Å². The molecule has 3 rings (SSSR count). The monoisotopic (exact) mass is 299 g/mol. The van der Waals surface area contributed by atoms with Crippen LogP contribution in [0.1, 0.15) is 39.6 Å². The van der Waals surface area contributed by atoms with Crippen LogP contribution in [0, 0.1) is 0 Å². The van der Waals surface area contributed by atoms with Crippen molar-refractivity contribution in [2.75, 3.05) is 14.2 Å². The van der Waals surface area contributed by atoms with Gasteiger partial charge in [0, 0.05) is 5.52 Å². The lowest BCUT2D eigenvalue weighted by atomic mass is 10.1. The number of pyridine rings is 1. The average molecular weight is 299 g/mol. The zero-order chi connectivity index (χ0) is 15.9. The van der Waals surface area contributed by atoms with Gasteiger partial charge >= 0.3 is 11.9 Å². The van der Waals surface area contributed by atoms with Crippen LogP contribution in [0.3, 0.4) is 0 Å². The third-order valence-corrected chi connectivity index (χ3v) is 3.95. The molecule has 0 saturated heterocycles. The summed E-state index contributed by atoms with van der Waals surface area (Å²) in [4.78, 5) is 24.3. The number of hydrogen-bond acceptors (Lipinski definition) is 4. The predicted molar refractivity (Wildman–Crippen MR) is 82.8 cm³/mol. The average Bonchev–Trinajstić information content (AvgIpc) is 3.10. The van der Waals surface area contributed by atoms with Gasteiger partial charge in [0.05, 0.1) is 25.3 Å². The van der Waals surface area contributed by atoms with Crippen LogP contribution in [0.25, 0.3) is 16.6 Å². The van der Waals surface area contributed by atoms with Gasteiger partial charge in [0.1, 0.15) is 11.1 Å². The standard InChI is InChI=1S/C17H17NO4/c1-4-5-10-6-7-12-14(16(19)21-2)15(17(20)22-3)13-9-8-11(10)18(12)13/h6-9H,4-5H2,1-3H3. The van der Waals surface area contributed by atoms with Crippen LogP contribution in [-0.4, -0.2) is 30.6 Å². The van der Waals surface area contributed by atoms with Crippen molar-refractivity contribution < 1.29 is 19.1 Å². The first kappa shape index (κ1) is 14.4. The second-order valence-electron chi connectivity index (χ2n) is 5.17. The zero-order valence-corrected chi connectivity index (χ0v) is 12.8. The Kier molecular flexibility index (Phi) is 3.48. The molecule has 0 saturated carbocycles. The molecule has 3 heterocycles. The van der Waals surface area contributed by atoms with Crippen LogP contribution >= 0.6 is 0 Å². The quantitative estimate of drug-likeness (QED) is 0.695. The molecule has 0 bridgehead atoms. The number of aryl methyl sites for hydroxylation is 1. The SMILES string of the molecule is CCCc1ccc2c(C(=O)OC)c(C(=O)OC)c3ccc1n23. The molecule has 0 aliphatic rings. The smallest absolute Gasteiger partial charge is 0.340 e. The van der Waals surface area contributed by atoms with E-state index in [4.69, 9.17) is 9.47 Å². The van der Waals surface area contributed by atoms with Crippen molar-refractivity contribution in [3.05, 3.63) is 41.0 Å². The molecular formula is C17H17NO4. The summed E-state index contributed by atoms with van der Waals surface area (Å²) in [5.74, 6) is -1.07. The van der Waals surface area contributed by atoms with Crippen LogP contribution in [0.4, 0.5) is 0 Å². The van der Waals surface area contributed by atoms with Gasteiger partial charge in [0.15, 0.2) is 0 Å². The molecule has 0 fully saturated rings. The summed E-state index contributed by atoms with van der Waals surface area (Å²) in [6.07, 6.45) is 1.96. The largest absolute Gasteiger partial charge is 0.465 e. The van der Waals surface area contributed by atoms with Crippen LogP contribution in [-0.2, 0) is 15.9 Å². The number of carbonyl (C=O) groups is 2. The molecule has 5 nitrogen and oxygen atoms in total. The van der Waals surface area contributed by atoms with E-state index in [9.17, 15) is 9.59 Å². The van der Waals surface area contributed by atoms with E-state index in [1.54, 1.807) is 0 Å². The summed E-state index contributed by atoms with van der Waals surface area (Å²) in [6.45, 7) is 2.12. The number of hydrogen-bond donors (Lipinski definition) is 0. The number of rotatable bonds is 4. The van der Waals surface area contributed by atoms with Gasteiger partial charge in [-0.05, 0) is 30.2 Å². The van der Waals surface area contributed by atoms with Crippen molar-refractivity contribution in [1.29, 1.82) is 0 Å². The number of carbonyl (C=O) groups excluding carboxylic acids is 2. The fraction of sp³-hybridized carbons (Fsp3) is 0.294. The predicted octanol–water partition coefficient (Wildman–Crippen LogP) is 3.06. The Bertz CT molecular complexity index is 845. The fourth-order valence-corrected chi connectivity index (χ4v) is 3.03. The van der Waals surface area contributed by atoms with E-state index in [2.05, 4.69) is 6.92 Å². The lowest BCUT2D eigenvalue weighted by Crippen LogP contribution is -2.09. The Morgan fingerprint density at radius 3 is 1.91 bits per heavy atom. The lowest BCUT2D eigenvalue weighted by Gasteiger charge is -2.05. The molecule has 22 heavy (non-hydrogen) atoms. The molecule has 0 amide bonds. The summed E-state index contributed by atoms with van der Waals surface area (Å²) >= 11 is 0. The summed E-state index contributed by atoms with van der Waals surface area (Å²) in [7, 11) is 2.61. The van der Waals surface area contributed by atoms with Gasteiger partial charge in [-0.1, -0.05) is 19.4 Å². The minimum atomic E-state index is -0.534. The normalized spacial score (nSPS) is 11.2. The van der Waals surface area contributed by atoms with Crippen molar-refractivity contribution >= 4 is 28.5 Å². The molecular weight excluding hydrogens is 282 g/mol. The molecule has 0 aliphatic heterocycles. The maximum Gasteiger partial charge on any atom is 0.340 e. The molecule has 0 aromatic carbocycles. The zero-order valence-electron chi connectivity index (χ0n) is 12.8. The first-order valence-electron chi connectivity index (χ1n) is 7.19. The molecule has 0 unspecified atom stereocenters. The van der Waals surface area contributed by atoms with Crippen molar-refractivity contribution in [2.24, 2.45) is 0 Å². The number of methoxy groups -OCH3 is 2. The number of nitrogens with zero attached hydrogens (tertiary/aromatic N) is 1. The number of ether oxygens (including phenoxy) is 2. The molecule has 0 aliphatic carbocycles. The highest BCUT2D eigenvalue weighted by atomic mass is 16.5. The molecule has 114 valence electrons. The van der Waals surface area contributed by atoms with Gasteiger partial charge in [-0.25, -0.2) is 9.59 Å². The highest BCUT2D eigenvalue weighted by Gasteiger charge is 2.28. The van der Waals surface area contributed by atoms with Crippen molar-refractivity contribution in [2.45, 2.75) is 19.8 Å². The van der Waals surface area contributed by atoms with E-state index in [0.29, 0.717) is 11.0 Å².